The number of nitrogens with zero attached hydrogens (tertiary/aromatic N) is 2. The highest BCUT2D eigenvalue weighted by Gasteiger charge is 2.23. The molecule has 1 N–H and O–H groups in total. The Kier molecular flexibility index (Phi) is 5.74. The van der Waals surface area contributed by atoms with Gasteiger partial charge in [-0.3, -0.25) is 14.5 Å². The molecule has 0 aromatic heterocycles. The van der Waals surface area contributed by atoms with Crippen LogP contribution in [0, 0.1) is 0 Å². The van der Waals surface area contributed by atoms with Crippen molar-refractivity contribution in [1.29, 1.82) is 0 Å². The third kappa shape index (κ3) is 5.04. The Labute approximate surface area is 137 Å². The van der Waals surface area contributed by atoms with Crippen molar-refractivity contribution in [3.63, 3.8) is 0 Å². The Morgan fingerprint density at radius 3 is 2.26 bits per heavy atom. The summed E-state index contributed by atoms with van der Waals surface area (Å²) < 4.78 is 5.66. The average Bonchev–Trinajstić information content (AvgIpc) is 2.45. The molecule has 1 aliphatic heterocycles. The van der Waals surface area contributed by atoms with Crippen LogP contribution in [0.1, 0.15) is 24.2 Å². The first-order valence-corrected chi connectivity index (χ1v) is 7.84. The van der Waals surface area contributed by atoms with E-state index in [2.05, 4.69) is 10.2 Å². The van der Waals surface area contributed by atoms with Gasteiger partial charge in [-0.2, -0.15) is 0 Å². The van der Waals surface area contributed by atoms with Crippen LogP contribution in [-0.4, -0.2) is 67.6 Å². The molecule has 1 aromatic carbocycles. The van der Waals surface area contributed by atoms with Crippen LogP contribution in [0.15, 0.2) is 24.3 Å². The van der Waals surface area contributed by atoms with Crippen LogP contribution >= 0.6 is 0 Å². The van der Waals surface area contributed by atoms with Crippen molar-refractivity contribution in [3.8, 4) is 0 Å². The van der Waals surface area contributed by atoms with Gasteiger partial charge in [0.2, 0.25) is 5.91 Å². The predicted octanol–water partition coefficient (Wildman–Crippen LogP) is 1.44. The van der Waals surface area contributed by atoms with Crippen molar-refractivity contribution in [3.05, 3.63) is 29.8 Å². The summed E-state index contributed by atoms with van der Waals surface area (Å²) in [5.74, 6) is -0.114. The van der Waals surface area contributed by atoms with Gasteiger partial charge < -0.3 is 15.0 Å². The van der Waals surface area contributed by atoms with Gasteiger partial charge in [-0.05, 0) is 38.1 Å². The number of carbonyl (C=O) groups is 2. The summed E-state index contributed by atoms with van der Waals surface area (Å²) in [6.45, 7) is 5.89. The van der Waals surface area contributed by atoms with Gasteiger partial charge in [0.15, 0.2) is 0 Å². The highest BCUT2D eigenvalue weighted by molar-refractivity contribution is 5.96. The van der Waals surface area contributed by atoms with Crippen molar-refractivity contribution in [2.75, 3.05) is 39.0 Å². The predicted molar refractivity (Wildman–Crippen MR) is 89.5 cm³/mol. The Morgan fingerprint density at radius 1 is 1.17 bits per heavy atom. The maximum absolute atomic E-state index is 12.2. The number of amides is 2. The van der Waals surface area contributed by atoms with Gasteiger partial charge in [-0.25, -0.2) is 0 Å². The topological polar surface area (TPSA) is 61.9 Å². The van der Waals surface area contributed by atoms with Crippen LogP contribution in [-0.2, 0) is 9.53 Å². The third-order valence-electron chi connectivity index (χ3n) is 3.68. The molecule has 1 aromatic rings. The maximum atomic E-state index is 12.2. The molecule has 1 aliphatic rings. The minimum Gasteiger partial charge on any atom is -0.373 e. The van der Waals surface area contributed by atoms with Gasteiger partial charge >= 0.3 is 0 Å². The van der Waals surface area contributed by atoms with E-state index < -0.39 is 0 Å². The molecular formula is C17H25N3O3. The molecule has 126 valence electrons. The molecule has 2 amide bonds. The summed E-state index contributed by atoms with van der Waals surface area (Å²) in [5.41, 5.74) is 1.29. The summed E-state index contributed by atoms with van der Waals surface area (Å²) in [7, 11) is 3.42. The largest absolute Gasteiger partial charge is 0.373 e. The SMILES string of the molecule is CC1CN(CC(=O)Nc2ccc(C(=O)N(C)C)cc2)CC(C)O1. The first-order valence-electron chi connectivity index (χ1n) is 7.84. The number of nitrogens with one attached hydrogen (secondary N) is 1. The number of ether oxygens (including phenoxy) is 1. The fourth-order valence-corrected chi connectivity index (χ4v) is 2.77. The number of morpholine rings is 1. The molecule has 0 radical (unpaired) electrons. The number of anilines is 1. The second kappa shape index (κ2) is 7.57. The molecule has 0 spiro atoms. The minimum atomic E-state index is -0.0574. The molecule has 1 saturated heterocycles. The molecular weight excluding hydrogens is 294 g/mol. The average molecular weight is 319 g/mol. The zero-order valence-corrected chi connectivity index (χ0v) is 14.2. The molecule has 1 fully saturated rings. The van der Waals surface area contributed by atoms with Crippen molar-refractivity contribution >= 4 is 17.5 Å². The fourth-order valence-electron chi connectivity index (χ4n) is 2.77. The number of benzene rings is 1. The molecule has 6 nitrogen and oxygen atoms in total. The summed E-state index contributed by atoms with van der Waals surface area (Å²) in [6.07, 6.45) is 0.283. The van der Waals surface area contributed by atoms with E-state index in [4.69, 9.17) is 4.74 Å². The second-order valence-electron chi connectivity index (χ2n) is 6.28. The van der Waals surface area contributed by atoms with Crippen LogP contribution in [0.25, 0.3) is 0 Å². The Hall–Kier alpha value is -1.92. The molecule has 2 unspecified atom stereocenters. The van der Waals surface area contributed by atoms with Gasteiger partial charge in [0.05, 0.1) is 18.8 Å². The Bertz CT molecular complexity index is 547. The van der Waals surface area contributed by atoms with E-state index >= 15 is 0 Å². The molecule has 2 rings (SSSR count). The normalized spacial score (nSPS) is 21.7. The van der Waals surface area contributed by atoms with Gasteiger partial charge in [0, 0.05) is 38.4 Å². The van der Waals surface area contributed by atoms with Crippen molar-refractivity contribution in [1.82, 2.24) is 9.80 Å². The molecule has 2 atom stereocenters. The van der Waals surface area contributed by atoms with E-state index in [1.807, 2.05) is 13.8 Å². The van der Waals surface area contributed by atoms with E-state index in [-0.39, 0.29) is 24.0 Å². The van der Waals surface area contributed by atoms with Crippen LogP contribution in [0.5, 0.6) is 0 Å². The zero-order chi connectivity index (χ0) is 17.0. The molecule has 1 heterocycles. The van der Waals surface area contributed by atoms with Gasteiger partial charge in [0.1, 0.15) is 0 Å². The smallest absolute Gasteiger partial charge is 0.253 e. The van der Waals surface area contributed by atoms with E-state index in [1.165, 1.54) is 4.90 Å². The van der Waals surface area contributed by atoms with Crippen LogP contribution in [0.2, 0.25) is 0 Å². The van der Waals surface area contributed by atoms with E-state index in [0.717, 1.165) is 13.1 Å². The lowest BCUT2D eigenvalue weighted by Crippen LogP contribution is -2.48. The number of hydrogen-bond donors (Lipinski definition) is 1. The zero-order valence-electron chi connectivity index (χ0n) is 14.2. The van der Waals surface area contributed by atoms with Gasteiger partial charge in [-0.15, -0.1) is 0 Å². The molecule has 0 aliphatic carbocycles. The second-order valence-corrected chi connectivity index (χ2v) is 6.28. The lowest BCUT2D eigenvalue weighted by molar-refractivity contribution is -0.121. The van der Waals surface area contributed by atoms with Crippen LogP contribution < -0.4 is 5.32 Å². The molecule has 0 bridgehead atoms. The Morgan fingerprint density at radius 2 is 1.74 bits per heavy atom. The third-order valence-corrected chi connectivity index (χ3v) is 3.68. The van der Waals surface area contributed by atoms with E-state index in [1.54, 1.807) is 38.4 Å². The van der Waals surface area contributed by atoms with Gasteiger partial charge in [0.25, 0.3) is 5.91 Å². The first kappa shape index (κ1) is 17.4. The number of rotatable bonds is 4. The minimum absolute atomic E-state index is 0.0563. The quantitative estimate of drug-likeness (QED) is 0.912. The number of carbonyl (C=O) groups excluding carboxylic acids is 2. The van der Waals surface area contributed by atoms with E-state index in [0.29, 0.717) is 17.8 Å². The standard InChI is InChI=1S/C17H25N3O3/c1-12-9-20(10-13(2)23-12)11-16(21)18-15-7-5-14(6-8-15)17(22)19(3)4/h5-8,12-13H,9-11H2,1-4H3,(H,18,21). The van der Waals surface area contributed by atoms with Crippen molar-refractivity contribution in [2.45, 2.75) is 26.1 Å². The van der Waals surface area contributed by atoms with E-state index in [9.17, 15) is 9.59 Å². The number of hydrogen-bond acceptors (Lipinski definition) is 4. The highest BCUT2D eigenvalue weighted by Crippen LogP contribution is 2.13. The lowest BCUT2D eigenvalue weighted by atomic mass is 10.2. The van der Waals surface area contributed by atoms with Crippen LogP contribution in [0.3, 0.4) is 0 Å². The highest BCUT2D eigenvalue weighted by atomic mass is 16.5. The summed E-state index contributed by atoms with van der Waals surface area (Å²) in [4.78, 5) is 27.6. The molecule has 23 heavy (non-hydrogen) atoms. The Balaban J connectivity index is 1.89. The van der Waals surface area contributed by atoms with Gasteiger partial charge in [-0.1, -0.05) is 0 Å². The summed E-state index contributed by atoms with van der Waals surface area (Å²) in [6, 6.07) is 6.94. The summed E-state index contributed by atoms with van der Waals surface area (Å²) >= 11 is 0. The molecule has 0 saturated carbocycles. The maximum Gasteiger partial charge on any atom is 0.253 e. The summed E-state index contributed by atoms with van der Waals surface area (Å²) in [5, 5.41) is 2.87. The first-order chi connectivity index (χ1) is 10.8. The van der Waals surface area contributed by atoms with Crippen molar-refractivity contribution in [2.24, 2.45) is 0 Å². The van der Waals surface area contributed by atoms with Crippen LogP contribution in [0.4, 0.5) is 5.69 Å². The lowest BCUT2D eigenvalue weighted by Gasteiger charge is -2.34. The monoisotopic (exact) mass is 319 g/mol. The molecule has 6 heteroatoms. The fraction of sp³-hybridized carbons (Fsp3) is 0.529. The van der Waals surface area contributed by atoms with Crippen molar-refractivity contribution < 1.29 is 14.3 Å².